The van der Waals surface area contributed by atoms with E-state index >= 15 is 0 Å². The van der Waals surface area contributed by atoms with E-state index in [1.54, 1.807) is 0 Å². The molecule has 0 aromatic heterocycles. The normalized spacial score (nSPS) is 11.3. The summed E-state index contributed by atoms with van der Waals surface area (Å²) in [5.74, 6) is 0. The fourth-order valence-electron chi connectivity index (χ4n) is 2.62. The Bertz CT molecular complexity index is 683. The number of para-hydroxylation sites is 1. The van der Waals surface area contributed by atoms with Crippen LogP contribution in [-0.2, 0) is 4.87 Å². The van der Waals surface area contributed by atoms with Gasteiger partial charge in [-0.25, -0.2) is 0 Å². The van der Waals surface area contributed by atoms with Crippen LogP contribution in [0.5, 0.6) is 0 Å². The van der Waals surface area contributed by atoms with Crippen LogP contribution in [0.1, 0.15) is 16.7 Å². The Kier molecular flexibility index (Phi) is 3.68. The van der Waals surface area contributed by atoms with Crippen molar-refractivity contribution in [2.45, 2.75) is 4.87 Å². The summed E-state index contributed by atoms with van der Waals surface area (Å²) in [5, 5.41) is 0. The van der Waals surface area contributed by atoms with Crippen molar-refractivity contribution in [3.05, 3.63) is 102 Å². The molecule has 2 heteroatoms. The molecule has 21 heavy (non-hydrogen) atoms. The molecule has 0 amide bonds. The molecule has 0 unspecified atom stereocenters. The fraction of sp³-hybridized carbons (Fsp3) is 0.0526. The number of hydrogen-bond acceptors (Lipinski definition) is 1. The topological polar surface area (TPSA) is 26.0 Å². The molecule has 0 heterocycles. The summed E-state index contributed by atoms with van der Waals surface area (Å²) >= 11 is 7.14. The summed E-state index contributed by atoms with van der Waals surface area (Å²) in [5.41, 5.74) is 9.82. The van der Waals surface area contributed by atoms with Gasteiger partial charge in [0.15, 0.2) is 0 Å². The lowest BCUT2D eigenvalue weighted by Crippen LogP contribution is -2.23. The van der Waals surface area contributed by atoms with Crippen LogP contribution in [0, 0.1) is 0 Å². The van der Waals surface area contributed by atoms with Gasteiger partial charge in [-0.1, -0.05) is 78.9 Å². The maximum absolute atomic E-state index is 7.14. The molecule has 3 aromatic rings. The fourth-order valence-corrected chi connectivity index (χ4v) is 3.05. The van der Waals surface area contributed by atoms with E-state index in [2.05, 4.69) is 0 Å². The summed E-state index contributed by atoms with van der Waals surface area (Å²) in [4.78, 5) is -0.784. The predicted octanol–water partition coefficient (Wildman–Crippen LogP) is 4.80. The molecule has 0 fully saturated rings. The molecule has 0 bridgehead atoms. The van der Waals surface area contributed by atoms with E-state index in [4.69, 9.17) is 17.3 Å². The lowest BCUT2D eigenvalue weighted by atomic mass is 9.83. The standard InChI is InChI=1S/C19H16ClN/c20-19(15-9-3-1-4-10-15,16-11-5-2-6-12-16)17-13-7-8-14-18(17)21/h1-14H,21H2. The van der Waals surface area contributed by atoms with E-state index in [0.29, 0.717) is 5.69 Å². The minimum Gasteiger partial charge on any atom is -0.398 e. The molecule has 0 saturated carbocycles. The van der Waals surface area contributed by atoms with Gasteiger partial charge in [-0.15, -0.1) is 11.6 Å². The number of nitrogen functional groups attached to an aromatic ring is 1. The van der Waals surface area contributed by atoms with Crippen molar-refractivity contribution in [1.82, 2.24) is 0 Å². The SMILES string of the molecule is Nc1ccccc1C(Cl)(c1ccccc1)c1ccccc1. The average molecular weight is 294 g/mol. The van der Waals surface area contributed by atoms with E-state index in [1.807, 2.05) is 84.9 Å². The zero-order chi connectivity index (χ0) is 14.7. The summed E-state index contributed by atoms with van der Waals surface area (Å²) in [6.45, 7) is 0. The van der Waals surface area contributed by atoms with Crippen molar-refractivity contribution in [2.75, 3.05) is 5.73 Å². The highest BCUT2D eigenvalue weighted by atomic mass is 35.5. The summed E-state index contributed by atoms with van der Waals surface area (Å²) in [6.07, 6.45) is 0. The molecule has 3 rings (SSSR count). The molecule has 0 radical (unpaired) electrons. The Balaban J connectivity index is 2.29. The van der Waals surface area contributed by atoms with Crippen LogP contribution >= 0.6 is 11.6 Å². The van der Waals surface area contributed by atoms with Gasteiger partial charge in [-0.05, 0) is 17.2 Å². The smallest absolute Gasteiger partial charge is 0.121 e. The van der Waals surface area contributed by atoms with Gasteiger partial charge in [0.05, 0.1) is 0 Å². The molecule has 0 aliphatic rings. The third kappa shape index (κ3) is 2.41. The number of halogens is 1. The summed E-state index contributed by atoms with van der Waals surface area (Å²) in [7, 11) is 0. The van der Waals surface area contributed by atoms with Gasteiger partial charge in [-0.2, -0.15) is 0 Å². The molecule has 2 N–H and O–H groups in total. The molecule has 1 nitrogen and oxygen atoms in total. The highest BCUT2D eigenvalue weighted by Crippen LogP contribution is 2.44. The van der Waals surface area contributed by atoms with Crippen molar-refractivity contribution < 1.29 is 0 Å². The van der Waals surface area contributed by atoms with Crippen LogP contribution < -0.4 is 5.73 Å². The highest BCUT2D eigenvalue weighted by molar-refractivity contribution is 6.28. The lowest BCUT2D eigenvalue weighted by Gasteiger charge is -2.30. The van der Waals surface area contributed by atoms with Gasteiger partial charge in [0, 0.05) is 11.3 Å². The van der Waals surface area contributed by atoms with E-state index in [0.717, 1.165) is 16.7 Å². The van der Waals surface area contributed by atoms with Crippen LogP contribution in [0.25, 0.3) is 0 Å². The maximum atomic E-state index is 7.14. The van der Waals surface area contributed by atoms with E-state index in [9.17, 15) is 0 Å². The van der Waals surface area contributed by atoms with Crippen molar-refractivity contribution in [2.24, 2.45) is 0 Å². The molecule has 0 aliphatic carbocycles. The third-order valence-corrected chi connectivity index (χ3v) is 4.32. The Hall–Kier alpha value is -2.25. The van der Waals surface area contributed by atoms with Crippen molar-refractivity contribution in [3.8, 4) is 0 Å². The maximum Gasteiger partial charge on any atom is 0.121 e. The first-order valence-electron chi connectivity index (χ1n) is 6.88. The second-order valence-corrected chi connectivity index (χ2v) is 5.54. The first kappa shape index (κ1) is 13.7. The van der Waals surface area contributed by atoms with Crippen LogP contribution in [0.4, 0.5) is 5.69 Å². The Morgan fingerprint density at radius 3 is 1.52 bits per heavy atom. The van der Waals surface area contributed by atoms with Gasteiger partial charge in [0.1, 0.15) is 4.87 Å². The average Bonchev–Trinajstić information content (AvgIpc) is 2.56. The highest BCUT2D eigenvalue weighted by Gasteiger charge is 2.35. The van der Waals surface area contributed by atoms with Crippen molar-refractivity contribution >= 4 is 17.3 Å². The summed E-state index contributed by atoms with van der Waals surface area (Å²) in [6, 6.07) is 27.9. The van der Waals surface area contributed by atoms with Crippen LogP contribution in [-0.4, -0.2) is 0 Å². The number of nitrogens with two attached hydrogens (primary N) is 1. The van der Waals surface area contributed by atoms with Crippen LogP contribution in [0.2, 0.25) is 0 Å². The predicted molar refractivity (Wildman–Crippen MR) is 89.5 cm³/mol. The van der Waals surface area contributed by atoms with E-state index < -0.39 is 4.87 Å². The molecule has 104 valence electrons. The Labute approximate surface area is 130 Å². The molecular formula is C19H16ClN. The molecule has 0 atom stereocenters. The second kappa shape index (κ2) is 5.63. The van der Waals surface area contributed by atoms with Gasteiger partial charge < -0.3 is 5.73 Å². The monoisotopic (exact) mass is 293 g/mol. The third-order valence-electron chi connectivity index (χ3n) is 3.68. The van der Waals surface area contributed by atoms with Crippen molar-refractivity contribution in [1.29, 1.82) is 0 Å². The molecule has 3 aromatic carbocycles. The van der Waals surface area contributed by atoms with Gasteiger partial charge in [0.25, 0.3) is 0 Å². The second-order valence-electron chi connectivity index (χ2n) is 4.98. The quantitative estimate of drug-likeness (QED) is 0.419. The summed E-state index contributed by atoms with van der Waals surface area (Å²) < 4.78 is 0. The number of hydrogen-bond donors (Lipinski definition) is 1. The zero-order valence-corrected chi connectivity index (χ0v) is 12.3. The Morgan fingerprint density at radius 1 is 0.619 bits per heavy atom. The first-order valence-corrected chi connectivity index (χ1v) is 7.25. The number of benzene rings is 3. The van der Waals surface area contributed by atoms with E-state index in [1.165, 1.54) is 0 Å². The Morgan fingerprint density at radius 2 is 1.05 bits per heavy atom. The number of anilines is 1. The number of rotatable bonds is 3. The van der Waals surface area contributed by atoms with Gasteiger partial charge in [0.2, 0.25) is 0 Å². The lowest BCUT2D eigenvalue weighted by molar-refractivity contribution is 0.883. The first-order chi connectivity index (χ1) is 10.2. The zero-order valence-electron chi connectivity index (χ0n) is 11.5. The van der Waals surface area contributed by atoms with Gasteiger partial charge >= 0.3 is 0 Å². The minimum absolute atomic E-state index is 0.695. The number of alkyl halides is 1. The molecule has 0 spiro atoms. The van der Waals surface area contributed by atoms with Gasteiger partial charge in [-0.3, -0.25) is 0 Å². The van der Waals surface area contributed by atoms with Crippen LogP contribution in [0.3, 0.4) is 0 Å². The van der Waals surface area contributed by atoms with Crippen LogP contribution in [0.15, 0.2) is 84.9 Å². The van der Waals surface area contributed by atoms with E-state index in [-0.39, 0.29) is 0 Å². The molecular weight excluding hydrogens is 278 g/mol. The van der Waals surface area contributed by atoms with Crippen molar-refractivity contribution in [3.63, 3.8) is 0 Å². The largest absolute Gasteiger partial charge is 0.398 e. The molecule has 0 saturated heterocycles. The molecule has 0 aliphatic heterocycles. The minimum atomic E-state index is -0.784.